The number of nitrogens with one attached hydrogen (secondary N) is 2. The van der Waals surface area contributed by atoms with Crippen molar-refractivity contribution in [2.45, 2.75) is 65.0 Å². The fraction of sp³-hybridized carbons (Fsp3) is 0.224. The minimum absolute atomic E-state index is 0.00194. The lowest BCUT2D eigenvalue weighted by molar-refractivity contribution is -0.142. The molecule has 1 aromatic heterocycles. The van der Waals surface area contributed by atoms with Crippen molar-refractivity contribution in [2.75, 3.05) is 11.9 Å². The van der Waals surface area contributed by atoms with Crippen molar-refractivity contribution >= 4 is 46.8 Å². The maximum absolute atomic E-state index is 14.2. The second-order valence-corrected chi connectivity index (χ2v) is 16.4. The molecule has 0 saturated carbocycles. The number of rotatable bonds is 12. The Balaban J connectivity index is 0.971. The van der Waals surface area contributed by atoms with Crippen LogP contribution >= 0.6 is 23.2 Å². The zero-order valence-corrected chi connectivity index (χ0v) is 36.2. The van der Waals surface area contributed by atoms with Gasteiger partial charge >= 0.3 is 12.0 Å². The number of hydrogen-bond donors (Lipinski definition) is 3. The number of carbonyl (C=O) groups excluding carboxylic acids is 2. The molecule has 0 spiro atoms. The second-order valence-electron chi connectivity index (χ2n) is 15.6. The Morgan fingerprint density at radius 3 is 2.29 bits per heavy atom. The molecule has 322 valence electrons. The van der Waals surface area contributed by atoms with Gasteiger partial charge in [-0.25, -0.2) is 9.59 Å². The summed E-state index contributed by atoms with van der Waals surface area (Å²) in [4.78, 5) is 46.5. The first-order valence-corrected chi connectivity index (χ1v) is 21.1. The van der Waals surface area contributed by atoms with Gasteiger partial charge in [-0.1, -0.05) is 71.2 Å². The molecule has 0 fully saturated rings. The van der Waals surface area contributed by atoms with Crippen molar-refractivity contribution in [2.24, 2.45) is 0 Å². The Kier molecular flexibility index (Phi) is 12.7. The van der Waals surface area contributed by atoms with Crippen LogP contribution in [0.2, 0.25) is 10.0 Å². The van der Waals surface area contributed by atoms with Gasteiger partial charge < -0.3 is 39.6 Å². The van der Waals surface area contributed by atoms with E-state index in [0.717, 1.165) is 39.1 Å². The van der Waals surface area contributed by atoms with E-state index in [2.05, 4.69) is 15.6 Å². The molecular formula is C49H44Cl2N4O8. The lowest BCUT2D eigenvalue weighted by atomic mass is 9.92. The lowest BCUT2D eigenvalue weighted by Gasteiger charge is -2.37. The van der Waals surface area contributed by atoms with Gasteiger partial charge in [0.1, 0.15) is 42.5 Å². The van der Waals surface area contributed by atoms with Crippen molar-refractivity contribution in [3.05, 3.63) is 170 Å². The molecule has 0 aliphatic carbocycles. The number of urea groups is 1. The number of carboxylic acids is 1. The summed E-state index contributed by atoms with van der Waals surface area (Å²) < 4.78 is 24.7. The summed E-state index contributed by atoms with van der Waals surface area (Å²) in [7, 11) is 0. The van der Waals surface area contributed by atoms with Crippen molar-refractivity contribution in [3.63, 3.8) is 0 Å². The van der Waals surface area contributed by atoms with Crippen LogP contribution in [0, 0.1) is 20.8 Å². The van der Waals surface area contributed by atoms with Gasteiger partial charge in [-0.15, -0.1) is 0 Å². The maximum atomic E-state index is 14.2. The summed E-state index contributed by atoms with van der Waals surface area (Å²) in [5, 5.41) is 16.9. The predicted octanol–water partition coefficient (Wildman–Crippen LogP) is 9.97. The molecule has 0 saturated heterocycles. The van der Waals surface area contributed by atoms with Gasteiger partial charge in [0.25, 0.3) is 0 Å². The molecule has 8 rings (SSSR count). The van der Waals surface area contributed by atoms with Crippen LogP contribution in [-0.2, 0) is 35.6 Å². The van der Waals surface area contributed by atoms with Crippen molar-refractivity contribution < 1.29 is 38.4 Å². The van der Waals surface area contributed by atoms with E-state index in [1.165, 1.54) is 4.90 Å². The lowest BCUT2D eigenvalue weighted by Crippen LogP contribution is -2.56. The van der Waals surface area contributed by atoms with Crippen LogP contribution in [0.1, 0.15) is 50.7 Å². The van der Waals surface area contributed by atoms with Crippen molar-refractivity contribution in [1.29, 1.82) is 0 Å². The standard InChI is InChI=1S/C49H44Cl2N4O8/c1-28-4-11-36(12-5-28)53-49(59)55-25-35-24-45-44(61-27-46(63-45)33-9-15-37(16-10-33)60-26-32-8-17-39(50)40(51)20-32)23-34(35)22-42(55)47(56)54-41(48(57)58)21-31-6-13-38(14-7-31)62-43-18-19-52-30(3)29(43)2/h4-20,23-24,41-42,46H,21-22,25-27H2,1-3H3,(H,53,59)(H,54,56)(H,57,58)/t41?,42-,46+/m0/s1. The molecule has 6 aromatic rings. The molecule has 0 bridgehead atoms. The third-order valence-corrected chi connectivity index (χ3v) is 11.9. The van der Waals surface area contributed by atoms with Crippen LogP contribution in [0.15, 0.2) is 115 Å². The van der Waals surface area contributed by atoms with E-state index in [0.29, 0.717) is 56.7 Å². The number of aromatic nitrogens is 1. The van der Waals surface area contributed by atoms with E-state index >= 15 is 0 Å². The molecule has 2 aliphatic heterocycles. The summed E-state index contributed by atoms with van der Waals surface area (Å²) in [6, 6.07) is 29.9. The fourth-order valence-corrected chi connectivity index (χ4v) is 7.74. The van der Waals surface area contributed by atoms with Gasteiger partial charge in [-0.3, -0.25) is 9.78 Å². The Morgan fingerprint density at radius 2 is 1.56 bits per heavy atom. The average molecular weight is 888 g/mol. The number of nitrogens with zero attached hydrogens (tertiary/aromatic N) is 2. The number of fused-ring (bicyclic) bond motifs is 2. The smallest absolute Gasteiger partial charge is 0.326 e. The van der Waals surface area contributed by atoms with Crippen LogP contribution in [0.4, 0.5) is 10.5 Å². The topological polar surface area (TPSA) is 149 Å². The number of aryl methyl sites for hydroxylation is 2. The summed E-state index contributed by atoms with van der Waals surface area (Å²) >= 11 is 12.2. The number of aliphatic carboxylic acids is 1. The molecule has 3 N–H and O–H groups in total. The molecule has 3 atom stereocenters. The quantitative estimate of drug-likeness (QED) is 0.109. The number of halogens is 2. The summed E-state index contributed by atoms with van der Waals surface area (Å²) in [6.07, 6.45) is 1.37. The first-order valence-electron chi connectivity index (χ1n) is 20.3. The Hall–Kier alpha value is -6.76. The van der Waals surface area contributed by atoms with E-state index in [-0.39, 0.29) is 26.0 Å². The number of ether oxygens (including phenoxy) is 4. The first-order chi connectivity index (χ1) is 30.4. The highest BCUT2D eigenvalue weighted by molar-refractivity contribution is 6.42. The first kappa shape index (κ1) is 42.9. The fourth-order valence-electron chi connectivity index (χ4n) is 7.42. The number of pyridine rings is 1. The van der Waals surface area contributed by atoms with Crippen molar-refractivity contribution in [1.82, 2.24) is 15.2 Å². The zero-order valence-electron chi connectivity index (χ0n) is 34.7. The van der Waals surface area contributed by atoms with Gasteiger partial charge in [0.2, 0.25) is 5.91 Å². The molecule has 3 amide bonds. The van der Waals surface area contributed by atoms with Crippen LogP contribution < -0.4 is 29.6 Å². The molecule has 3 heterocycles. The number of hydrogen-bond acceptors (Lipinski definition) is 8. The van der Waals surface area contributed by atoms with Gasteiger partial charge in [-0.2, -0.15) is 0 Å². The second kappa shape index (κ2) is 18.7. The normalized spacial score (nSPS) is 15.7. The van der Waals surface area contributed by atoms with E-state index in [1.54, 1.807) is 60.8 Å². The van der Waals surface area contributed by atoms with Crippen molar-refractivity contribution in [3.8, 4) is 28.7 Å². The number of anilines is 1. The van der Waals surface area contributed by atoms with Gasteiger partial charge in [0.05, 0.1) is 10.0 Å². The van der Waals surface area contributed by atoms with E-state index < -0.39 is 36.1 Å². The minimum Gasteiger partial charge on any atom is -0.489 e. The third kappa shape index (κ3) is 10.1. The molecule has 2 aliphatic rings. The molecule has 5 aromatic carbocycles. The molecular weight excluding hydrogens is 843 g/mol. The number of carbonyl (C=O) groups is 3. The molecule has 63 heavy (non-hydrogen) atoms. The van der Waals surface area contributed by atoms with Crippen LogP contribution in [0.5, 0.6) is 28.7 Å². The third-order valence-electron chi connectivity index (χ3n) is 11.2. The van der Waals surface area contributed by atoms with E-state index in [4.69, 9.17) is 42.1 Å². The summed E-state index contributed by atoms with van der Waals surface area (Å²) in [5.41, 5.74) is 7.33. The van der Waals surface area contributed by atoms with Gasteiger partial charge in [-0.05, 0) is 115 Å². The molecule has 1 unspecified atom stereocenters. The number of amides is 3. The minimum atomic E-state index is -1.28. The Bertz CT molecular complexity index is 2660. The molecule has 14 heteroatoms. The average Bonchev–Trinajstić information content (AvgIpc) is 3.28. The number of benzene rings is 5. The van der Waals surface area contributed by atoms with Crippen LogP contribution in [0.25, 0.3) is 0 Å². The van der Waals surface area contributed by atoms with Gasteiger partial charge in [0.15, 0.2) is 17.6 Å². The van der Waals surface area contributed by atoms with Crippen LogP contribution in [-0.4, -0.2) is 51.6 Å². The monoisotopic (exact) mass is 886 g/mol. The van der Waals surface area contributed by atoms with Crippen LogP contribution in [0.3, 0.4) is 0 Å². The largest absolute Gasteiger partial charge is 0.489 e. The highest BCUT2D eigenvalue weighted by Crippen LogP contribution is 2.41. The summed E-state index contributed by atoms with van der Waals surface area (Å²) in [5.74, 6) is 1.11. The summed E-state index contributed by atoms with van der Waals surface area (Å²) in [6.45, 7) is 6.38. The maximum Gasteiger partial charge on any atom is 0.326 e. The highest BCUT2D eigenvalue weighted by atomic mass is 35.5. The zero-order chi connectivity index (χ0) is 44.2. The predicted molar refractivity (Wildman–Crippen MR) is 239 cm³/mol. The Morgan fingerprint density at radius 1 is 0.841 bits per heavy atom. The molecule has 0 radical (unpaired) electrons. The molecule has 12 nitrogen and oxygen atoms in total. The van der Waals surface area contributed by atoms with Gasteiger partial charge in [0, 0.05) is 42.5 Å². The van der Waals surface area contributed by atoms with E-state index in [9.17, 15) is 19.5 Å². The number of carboxylic acid groups (broad SMARTS) is 1. The Labute approximate surface area is 374 Å². The SMILES string of the molecule is Cc1ccc(NC(=O)N2Cc3cc4c(cc3C[C@H]2C(=O)NC(Cc2ccc(Oc3ccnc(C)c3C)cc2)C(=O)O)OC[C@H](c2ccc(OCc3ccc(Cl)c(Cl)c3)cc2)O4)cc1. The van der Waals surface area contributed by atoms with E-state index in [1.807, 2.05) is 75.4 Å². The highest BCUT2D eigenvalue weighted by Gasteiger charge is 2.38.